The van der Waals surface area contributed by atoms with Crippen LogP contribution in [0.1, 0.15) is 19.4 Å². The van der Waals surface area contributed by atoms with Gasteiger partial charge in [0, 0.05) is 5.56 Å². The van der Waals surface area contributed by atoms with Crippen molar-refractivity contribution in [3.63, 3.8) is 0 Å². The van der Waals surface area contributed by atoms with Crippen LogP contribution in [0.4, 0.5) is 28.4 Å². The first-order valence-electron chi connectivity index (χ1n) is 5.05. The number of anilines is 4. The summed E-state index contributed by atoms with van der Waals surface area (Å²) in [4.78, 5) is 0. The van der Waals surface area contributed by atoms with Gasteiger partial charge >= 0.3 is 0 Å². The van der Waals surface area contributed by atoms with Crippen molar-refractivity contribution in [2.24, 2.45) is 0 Å². The summed E-state index contributed by atoms with van der Waals surface area (Å²) in [6.07, 6.45) is 0. The van der Waals surface area contributed by atoms with E-state index in [0.29, 0.717) is 22.6 Å². The highest BCUT2D eigenvalue weighted by atomic mass is 16.5. The standard InChI is InChI=1S/C10H19N5O/c1-4(2)15(16)10-7(12)5(3)6(11)8(13)9(10)14/h4,15H,11-14H2,1-3H3. The van der Waals surface area contributed by atoms with Crippen molar-refractivity contribution in [3.05, 3.63) is 10.8 Å². The predicted octanol–water partition coefficient (Wildman–Crippen LogP) is -0.254. The third kappa shape index (κ3) is 1.72. The monoisotopic (exact) mass is 225 g/mol. The highest BCUT2D eigenvalue weighted by Crippen LogP contribution is 2.37. The molecule has 1 atom stereocenters. The molecule has 16 heavy (non-hydrogen) atoms. The second-order valence-corrected chi connectivity index (χ2v) is 4.17. The molecule has 1 aromatic rings. The molecule has 0 bridgehead atoms. The third-order valence-electron chi connectivity index (χ3n) is 2.70. The molecule has 6 heteroatoms. The van der Waals surface area contributed by atoms with E-state index in [0.717, 1.165) is 0 Å². The molecule has 1 rings (SSSR count). The molecule has 90 valence electrons. The first-order valence-corrected chi connectivity index (χ1v) is 5.05. The summed E-state index contributed by atoms with van der Waals surface area (Å²) in [6, 6.07) is -0.188. The fraction of sp³-hybridized carbons (Fsp3) is 0.400. The lowest BCUT2D eigenvalue weighted by molar-refractivity contribution is -0.800. The number of hydroxylamine groups is 1. The van der Waals surface area contributed by atoms with E-state index in [9.17, 15) is 5.21 Å². The SMILES string of the molecule is Cc1c(N)c(N)c(N)c([NH+]([O-])C(C)C)c1N. The molecule has 0 saturated heterocycles. The number of benzene rings is 1. The molecule has 0 aliphatic carbocycles. The summed E-state index contributed by atoms with van der Waals surface area (Å²) in [6.45, 7) is 5.28. The summed E-state index contributed by atoms with van der Waals surface area (Å²) < 4.78 is 0. The zero-order chi connectivity index (χ0) is 12.6. The summed E-state index contributed by atoms with van der Waals surface area (Å²) in [5.41, 5.74) is 25.1. The van der Waals surface area contributed by atoms with Crippen molar-refractivity contribution in [3.8, 4) is 0 Å². The third-order valence-corrected chi connectivity index (χ3v) is 2.70. The second-order valence-electron chi connectivity index (χ2n) is 4.17. The van der Waals surface area contributed by atoms with Crippen molar-refractivity contribution in [2.75, 3.05) is 22.9 Å². The molecule has 0 aromatic heterocycles. The highest BCUT2D eigenvalue weighted by Gasteiger charge is 2.21. The van der Waals surface area contributed by atoms with Crippen LogP contribution in [0.25, 0.3) is 0 Å². The molecular weight excluding hydrogens is 206 g/mol. The fourth-order valence-electron chi connectivity index (χ4n) is 1.51. The molecule has 0 fully saturated rings. The van der Waals surface area contributed by atoms with Gasteiger partial charge in [0.2, 0.25) is 0 Å². The molecule has 0 aliphatic heterocycles. The van der Waals surface area contributed by atoms with Crippen molar-refractivity contribution in [2.45, 2.75) is 26.8 Å². The van der Waals surface area contributed by atoms with Crippen LogP contribution in [-0.2, 0) is 0 Å². The van der Waals surface area contributed by atoms with Crippen LogP contribution in [0.3, 0.4) is 0 Å². The Morgan fingerprint density at radius 3 is 1.88 bits per heavy atom. The van der Waals surface area contributed by atoms with E-state index in [2.05, 4.69) is 0 Å². The molecule has 9 N–H and O–H groups in total. The Hall–Kier alpha value is -1.66. The smallest absolute Gasteiger partial charge is 0.180 e. The van der Waals surface area contributed by atoms with E-state index >= 15 is 0 Å². The molecule has 0 radical (unpaired) electrons. The number of nitrogens with two attached hydrogens (primary N) is 4. The Labute approximate surface area is 94.8 Å². The fourth-order valence-corrected chi connectivity index (χ4v) is 1.51. The molecule has 0 amide bonds. The van der Waals surface area contributed by atoms with E-state index in [4.69, 9.17) is 22.9 Å². The first kappa shape index (κ1) is 12.4. The lowest BCUT2D eigenvalue weighted by atomic mass is 10.1. The zero-order valence-electron chi connectivity index (χ0n) is 9.79. The van der Waals surface area contributed by atoms with Crippen molar-refractivity contribution >= 4 is 28.4 Å². The molecular formula is C10H19N5O. The Bertz CT molecular complexity index is 387. The number of nitrogen functional groups attached to an aromatic ring is 4. The summed E-state index contributed by atoms with van der Waals surface area (Å²) >= 11 is 0. The number of quaternary nitrogens is 1. The van der Waals surface area contributed by atoms with Crippen LogP contribution >= 0.6 is 0 Å². The van der Waals surface area contributed by atoms with Gasteiger partial charge in [-0.25, -0.2) is 0 Å². The van der Waals surface area contributed by atoms with Gasteiger partial charge in [-0.3, -0.25) is 0 Å². The number of hydrogen-bond acceptors (Lipinski definition) is 5. The first-order chi connectivity index (χ1) is 7.29. The largest absolute Gasteiger partial charge is 0.629 e. The highest BCUT2D eigenvalue weighted by molar-refractivity contribution is 5.93. The normalized spacial score (nSPS) is 13.1. The van der Waals surface area contributed by atoms with Gasteiger partial charge < -0.3 is 33.2 Å². The van der Waals surface area contributed by atoms with Gasteiger partial charge in [-0.1, -0.05) is 0 Å². The van der Waals surface area contributed by atoms with Crippen molar-refractivity contribution in [1.82, 2.24) is 0 Å². The van der Waals surface area contributed by atoms with E-state index < -0.39 is 0 Å². The van der Waals surface area contributed by atoms with E-state index in [1.165, 1.54) is 0 Å². The Morgan fingerprint density at radius 1 is 0.938 bits per heavy atom. The molecule has 0 aliphatic rings. The van der Waals surface area contributed by atoms with Crippen LogP contribution in [0.5, 0.6) is 0 Å². The second kappa shape index (κ2) is 4.07. The molecule has 0 heterocycles. The molecule has 0 saturated carbocycles. The van der Waals surface area contributed by atoms with Gasteiger partial charge in [0.25, 0.3) is 0 Å². The van der Waals surface area contributed by atoms with E-state index in [1.54, 1.807) is 20.8 Å². The van der Waals surface area contributed by atoms with Gasteiger partial charge in [0.15, 0.2) is 5.69 Å². The summed E-state index contributed by atoms with van der Waals surface area (Å²) in [5, 5.41) is 11.8. The zero-order valence-corrected chi connectivity index (χ0v) is 9.79. The minimum absolute atomic E-state index is 0.121. The lowest BCUT2D eigenvalue weighted by Crippen LogP contribution is -3.05. The van der Waals surface area contributed by atoms with E-state index in [-0.39, 0.29) is 22.5 Å². The summed E-state index contributed by atoms with van der Waals surface area (Å²) in [5.74, 6) is 0. The van der Waals surface area contributed by atoms with Crippen molar-refractivity contribution < 1.29 is 5.06 Å². The summed E-state index contributed by atoms with van der Waals surface area (Å²) in [7, 11) is 0. The predicted molar refractivity (Wildman–Crippen MR) is 68.0 cm³/mol. The minimum Gasteiger partial charge on any atom is -0.629 e. The van der Waals surface area contributed by atoms with Crippen LogP contribution in [-0.4, -0.2) is 6.04 Å². The molecule has 0 spiro atoms. The minimum atomic E-state index is -0.188. The number of nitrogens with one attached hydrogen (secondary N) is 1. The number of hydrogen-bond donors (Lipinski definition) is 5. The van der Waals surface area contributed by atoms with Gasteiger partial charge in [-0.2, -0.15) is 0 Å². The van der Waals surface area contributed by atoms with Gasteiger partial charge in [-0.15, -0.1) is 0 Å². The average molecular weight is 225 g/mol. The molecule has 1 unspecified atom stereocenters. The maximum Gasteiger partial charge on any atom is 0.180 e. The average Bonchev–Trinajstić information content (AvgIpc) is 2.23. The van der Waals surface area contributed by atoms with Crippen LogP contribution in [0, 0.1) is 12.1 Å². The Kier molecular flexibility index (Phi) is 3.16. The quantitative estimate of drug-likeness (QED) is 0.349. The topological polar surface area (TPSA) is 132 Å². The van der Waals surface area contributed by atoms with Gasteiger partial charge in [0.05, 0.1) is 17.4 Å². The van der Waals surface area contributed by atoms with Crippen LogP contribution < -0.4 is 28.0 Å². The van der Waals surface area contributed by atoms with E-state index in [1.807, 2.05) is 0 Å². The van der Waals surface area contributed by atoms with Gasteiger partial charge in [0.1, 0.15) is 11.4 Å². The van der Waals surface area contributed by atoms with Crippen LogP contribution in [0.15, 0.2) is 0 Å². The molecule has 1 aromatic carbocycles. The number of rotatable bonds is 2. The van der Waals surface area contributed by atoms with Crippen LogP contribution in [0.2, 0.25) is 0 Å². The maximum atomic E-state index is 11.9. The maximum absolute atomic E-state index is 11.9. The lowest BCUT2D eigenvalue weighted by Gasteiger charge is -2.29. The van der Waals surface area contributed by atoms with Crippen molar-refractivity contribution in [1.29, 1.82) is 0 Å². The Balaban J connectivity index is 3.51. The molecule has 6 nitrogen and oxygen atoms in total. The van der Waals surface area contributed by atoms with Gasteiger partial charge in [-0.05, 0) is 20.8 Å². The Morgan fingerprint density at radius 2 is 1.44 bits per heavy atom.